The Morgan fingerprint density at radius 1 is 1.50 bits per heavy atom. The van der Waals surface area contributed by atoms with Crippen molar-refractivity contribution >= 4 is 11.8 Å². The van der Waals surface area contributed by atoms with Crippen molar-refractivity contribution in [3.05, 3.63) is 29.6 Å². The Balaban J connectivity index is 2.32. The van der Waals surface area contributed by atoms with Crippen molar-refractivity contribution in [2.75, 3.05) is 18.1 Å². The molecule has 0 bridgehead atoms. The Hall–Kier alpha value is -1.58. The number of anilines is 1. The molecule has 1 aromatic carbocycles. The van der Waals surface area contributed by atoms with Gasteiger partial charge in [-0.1, -0.05) is 0 Å². The van der Waals surface area contributed by atoms with E-state index >= 15 is 0 Å². The van der Waals surface area contributed by atoms with Crippen LogP contribution < -0.4 is 4.90 Å². The van der Waals surface area contributed by atoms with Gasteiger partial charge in [-0.2, -0.15) is 0 Å². The van der Waals surface area contributed by atoms with Crippen LogP contribution in [0, 0.1) is 12.7 Å². The van der Waals surface area contributed by atoms with Gasteiger partial charge >= 0.3 is 6.09 Å². The Labute approximate surface area is 81.1 Å². The lowest BCUT2D eigenvalue weighted by molar-refractivity contribution is 0.181. The van der Waals surface area contributed by atoms with Crippen LogP contribution in [0.2, 0.25) is 0 Å². The van der Waals surface area contributed by atoms with Crippen molar-refractivity contribution in [1.82, 2.24) is 0 Å². The van der Waals surface area contributed by atoms with Crippen LogP contribution in [0.1, 0.15) is 5.56 Å². The summed E-state index contributed by atoms with van der Waals surface area (Å²) >= 11 is 0. The van der Waals surface area contributed by atoms with Gasteiger partial charge in [0.15, 0.2) is 0 Å². The zero-order chi connectivity index (χ0) is 10.1. The van der Waals surface area contributed by atoms with Gasteiger partial charge in [-0.05, 0) is 30.7 Å². The number of ether oxygens (including phenoxy) is 1. The quantitative estimate of drug-likeness (QED) is 0.686. The largest absolute Gasteiger partial charge is 0.447 e. The first-order valence-corrected chi connectivity index (χ1v) is 4.39. The number of aryl methyl sites for hydroxylation is 1. The van der Waals surface area contributed by atoms with Gasteiger partial charge in [-0.15, -0.1) is 0 Å². The summed E-state index contributed by atoms with van der Waals surface area (Å²) in [6.45, 7) is 2.60. The van der Waals surface area contributed by atoms with Gasteiger partial charge in [0.2, 0.25) is 0 Å². The van der Waals surface area contributed by atoms with Crippen LogP contribution in [0.15, 0.2) is 18.2 Å². The fraction of sp³-hybridized carbons (Fsp3) is 0.300. The first-order valence-electron chi connectivity index (χ1n) is 4.39. The lowest BCUT2D eigenvalue weighted by atomic mass is 10.2. The van der Waals surface area contributed by atoms with Crippen molar-refractivity contribution in [2.24, 2.45) is 0 Å². The summed E-state index contributed by atoms with van der Waals surface area (Å²) in [6, 6.07) is 4.58. The minimum atomic E-state index is -0.365. The number of cyclic esters (lactones) is 1. The fourth-order valence-electron chi connectivity index (χ4n) is 1.42. The number of benzene rings is 1. The zero-order valence-corrected chi connectivity index (χ0v) is 7.79. The SMILES string of the molecule is Cc1cc(N2CCOC2=O)ccc1F. The summed E-state index contributed by atoms with van der Waals surface area (Å²) in [5, 5.41) is 0. The molecule has 14 heavy (non-hydrogen) atoms. The van der Waals surface area contributed by atoms with E-state index in [2.05, 4.69) is 0 Å². The summed E-state index contributed by atoms with van der Waals surface area (Å²) < 4.78 is 17.7. The predicted molar refractivity (Wildman–Crippen MR) is 49.8 cm³/mol. The van der Waals surface area contributed by atoms with Crippen molar-refractivity contribution in [2.45, 2.75) is 6.92 Å². The molecule has 1 fully saturated rings. The van der Waals surface area contributed by atoms with Gasteiger partial charge in [-0.25, -0.2) is 9.18 Å². The van der Waals surface area contributed by atoms with Gasteiger partial charge in [-0.3, -0.25) is 4.90 Å². The summed E-state index contributed by atoms with van der Waals surface area (Å²) in [5.74, 6) is -0.263. The van der Waals surface area contributed by atoms with Gasteiger partial charge in [0.05, 0.1) is 6.54 Å². The zero-order valence-electron chi connectivity index (χ0n) is 7.79. The van der Waals surface area contributed by atoms with Crippen LogP contribution in [-0.2, 0) is 4.74 Å². The number of nitrogens with zero attached hydrogens (tertiary/aromatic N) is 1. The Morgan fingerprint density at radius 2 is 2.29 bits per heavy atom. The molecule has 4 heteroatoms. The van der Waals surface area contributed by atoms with Crippen LogP contribution in [0.25, 0.3) is 0 Å². The maximum Gasteiger partial charge on any atom is 0.414 e. The number of carbonyl (C=O) groups excluding carboxylic acids is 1. The molecule has 1 aromatic rings. The van der Waals surface area contributed by atoms with Crippen LogP contribution in [0.3, 0.4) is 0 Å². The number of hydrogen-bond donors (Lipinski definition) is 0. The van der Waals surface area contributed by atoms with E-state index in [-0.39, 0.29) is 11.9 Å². The average Bonchev–Trinajstić information content (AvgIpc) is 2.57. The molecular formula is C10H10FNO2. The van der Waals surface area contributed by atoms with E-state index in [0.29, 0.717) is 24.4 Å². The van der Waals surface area contributed by atoms with E-state index < -0.39 is 0 Å². The molecule has 74 valence electrons. The highest BCUT2D eigenvalue weighted by molar-refractivity contribution is 5.89. The van der Waals surface area contributed by atoms with E-state index in [4.69, 9.17) is 4.74 Å². The van der Waals surface area contributed by atoms with Crippen LogP contribution >= 0.6 is 0 Å². The van der Waals surface area contributed by atoms with Crippen LogP contribution in [0.5, 0.6) is 0 Å². The normalized spacial score (nSPS) is 15.9. The van der Waals surface area contributed by atoms with Crippen molar-refractivity contribution in [1.29, 1.82) is 0 Å². The number of carbonyl (C=O) groups is 1. The third-order valence-corrected chi connectivity index (χ3v) is 2.21. The standard InChI is InChI=1S/C10H10FNO2/c1-7-6-8(2-3-9(7)11)12-4-5-14-10(12)13/h2-3,6H,4-5H2,1H3. The topological polar surface area (TPSA) is 29.5 Å². The summed E-state index contributed by atoms with van der Waals surface area (Å²) in [4.78, 5) is 12.7. The predicted octanol–water partition coefficient (Wildman–Crippen LogP) is 2.09. The third-order valence-electron chi connectivity index (χ3n) is 2.21. The molecule has 1 aliphatic rings. The highest BCUT2D eigenvalue weighted by Crippen LogP contribution is 2.21. The molecule has 2 rings (SSSR count). The molecule has 1 heterocycles. The molecule has 0 radical (unpaired) electrons. The number of amides is 1. The minimum Gasteiger partial charge on any atom is -0.447 e. The molecule has 1 amide bonds. The molecule has 0 unspecified atom stereocenters. The van der Waals surface area contributed by atoms with Crippen LogP contribution in [-0.4, -0.2) is 19.2 Å². The van der Waals surface area contributed by atoms with E-state index in [9.17, 15) is 9.18 Å². The van der Waals surface area contributed by atoms with E-state index in [1.807, 2.05) is 0 Å². The molecular weight excluding hydrogens is 185 g/mol. The van der Waals surface area contributed by atoms with Gasteiger partial charge in [0.1, 0.15) is 12.4 Å². The third kappa shape index (κ3) is 1.43. The molecule has 3 nitrogen and oxygen atoms in total. The molecule has 0 atom stereocenters. The van der Waals surface area contributed by atoms with Crippen molar-refractivity contribution in [3.8, 4) is 0 Å². The molecule has 1 aliphatic heterocycles. The van der Waals surface area contributed by atoms with Gasteiger partial charge in [0.25, 0.3) is 0 Å². The second-order valence-corrected chi connectivity index (χ2v) is 3.20. The van der Waals surface area contributed by atoms with E-state index in [0.717, 1.165) is 0 Å². The second-order valence-electron chi connectivity index (χ2n) is 3.20. The first kappa shape index (κ1) is 8.99. The van der Waals surface area contributed by atoms with Gasteiger partial charge in [0, 0.05) is 5.69 Å². The molecule has 1 saturated heterocycles. The lowest BCUT2D eigenvalue weighted by Gasteiger charge is -2.13. The fourth-order valence-corrected chi connectivity index (χ4v) is 1.42. The summed E-state index contributed by atoms with van der Waals surface area (Å²) in [5.41, 5.74) is 1.22. The minimum absolute atomic E-state index is 0.263. The summed E-state index contributed by atoms with van der Waals surface area (Å²) in [7, 11) is 0. The first-order chi connectivity index (χ1) is 6.68. The molecule has 0 N–H and O–H groups in total. The molecule has 0 aliphatic carbocycles. The number of rotatable bonds is 1. The van der Waals surface area contributed by atoms with Crippen molar-refractivity contribution < 1.29 is 13.9 Å². The number of hydrogen-bond acceptors (Lipinski definition) is 2. The monoisotopic (exact) mass is 195 g/mol. The molecule has 0 saturated carbocycles. The highest BCUT2D eigenvalue weighted by Gasteiger charge is 2.23. The Morgan fingerprint density at radius 3 is 2.86 bits per heavy atom. The van der Waals surface area contributed by atoms with E-state index in [1.165, 1.54) is 11.0 Å². The van der Waals surface area contributed by atoms with E-state index in [1.54, 1.807) is 19.1 Å². The average molecular weight is 195 g/mol. The van der Waals surface area contributed by atoms with Gasteiger partial charge < -0.3 is 4.74 Å². The second kappa shape index (κ2) is 3.29. The maximum atomic E-state index is 12.9. The number of halogens is 1. The Bertz CT molecular complexity index is 378. The van der Waals surface area contributed by atoms with Crippen molar-refractivity contribution in [3.63, 3.8) is 0 Å². The highest BCUT2D eigenvalue weighted by atomic mass is 19.1. The lowest BCUT2D eigenvalue weighted by Crippen LogP contribution is -2.23. The smallest absolute Gasteiger partial charge is 0.414 e. The molecule has 0 spiro atoms. The molecule has 0 aromatic heterocycles. The Kier molecular flexibility index (Phi) is 2.11. The van der Waals surface area contributed by atoms with Crippen LogP contribution in [0.4, 0.5) is 14.9 Å². The maximum absolute atomic E-state index is 12.9. The summed E-state index contributed by atoms with van der Waals surface area (Å²) in [6.07, 6.45) is -0.365.